The standard InChI is InChI=1S/C21H28N2O5S2/c1-15(2)18-9-7-8-16(3)21(18)22-30(26,27)20-14-17(10-11-19(20)28-4)23-12-5-6-13-29(23,24)25/h7-11,14-15,22H,5-6,12-13H2,1-4H3. The molecule has 164 valence electrons. The third kappa shape index (κ3) is 4.41. The minimum Gasteiger partial charge on any atom is -0.495 e. The number of methoxy groups -OCH3 is 1. The van der Waals surface area contributed by atoms with Crippen molar-refractivity contribution in [2.75, 3.05) is 28.4 Å². The number of nitrogens with one attached hydrogen (secondary N) is 1. The highest BCUT2D eigenvalue weighted by molar-refractivity contribution is 7.93. The van der Waals surface area contributed by atoms with Crippen molar-refractivity contribution in [3.05, 3.63) is 47.5 Å². The molecule has 0 aromatic heterocycles. The van der Waals surface area contributed by atoms with Crippen LogP contribution in [0.5, 0.6) is 5.75 Å². The van der Waals surface area contributed by atoms with Crippen LogP contribution in [0, 0.1) is 6.92 Å². The molecule has 1 saturated heterocycles. The fraction of sp³-hybridized carbons (Fsp3) is 0.429. The number of hydrogen-bond donors (Lipinski definition) is 1. The van der Waals surface area contributed by atoms with Crippen LogP contribution in [0.1, 0.15) is 43.7 Å². The molecule has 0 unspecified atom stereocenters. The molecule has 0 spiro atoms. The number of rotatable bonds is 6. The average Bonchev–Trinajstić information content (AvgIpc) is 2.68. The quantitative estimate of drug-likeness (QED) is 0.718. The van der Waals surface area contributed by atoms with Gasteiger partial charge in [-0.3, -0.25) is 9.03 Å². The normalized spacial score (nSPS) is 16.5. The molecule has 1 aliphatic rings. The Bertz CT molecular complexity index is 1140. The van der Waals surface area contributed by atoms with Gasteiger partial charge in [0.15, 0.2) is 0 Å². The van der Waals surface area contributed by atoms with Crippen molar-refractivity contribution < 1.29 is 21.6 Å². The van der Waals surface area contributed by atoms with Crippen molar-refractivity contribution in [1.29, 1.82) is 0 Å². The van der Waals surface area contributed by atoms with Gasteiger partial charge in [-0.15, -0.1) is 0 Å². The minimum atomic E-state index is -4.03. The molecular formula is C21H28N2O5S2. The van der Waals surface area contributed by atoms with Crippen molar-refractivity contribution in [2.45, 2.75) is 44.4 Å². The van der Waals surface area contributed by atoms with Gasteiger partial charge in [0, 0.05) is 6.54 Å². The first-order valence-corrected chi connectivity index (χ1v) is 13.0. The maximum Gasteiger partial charge on any atom is 0.265 e. The summed E-state index contributed by atoms with van der Waals surface area (Å²) in [6.07, 6.45) is 1.33. The Hall–Kier alpha value is -2.26. The van der Waals surface area contributed by atoms with E-state index in [1.807, 2.05) is 39.0 Å². The fourth-order valence-corrected chi connectivity index (χ4v) is 6.59. The smallest absolute Gasteiger partial charge is 0.265 e. The van der Waals surface area contributed by atoms with E-state index in [0.717, 1.165) is 17.5 Å². The van der Waals surface area contributed by atoms with E-state index in [2.05, 4.69) is 4.72 Å². The molecule has 2 aromatic rings. The Balaban J connectivity index is 2.08. The summed E-state index contributed by atoms with van der Waals surface area (Å²) in [5.41, 5.74) is 2.54. The molecule has 2 aromatic carbocycles. The van der Waals surface area contributed by atoms with Crippen LogP contribution < -0.4 is 13.8 Å². The molecule has 9 heteroatoms. The summed E-state index contributed by atoms with van der Waals surface area (Å²) in [6.45, 7) is 6.17. The molecule has 1 fully saturated rings. The summed E-state index contributed by atoms with van der Waals surface area (Å²) < 4.78 is 60.9. The van der Waals surface area contributed by atoms with Gasteiger partial charge in [0.25, 0.3) is 10.0 Å². The number of nitrogens with zero attached hydrogens (tertiary/aromatic N) is 1. The number of hydrogen-bond acceptors (Lipinski definition) is 5. The van der Waals surface area contributed by atoms with Gasteiger partial charge in [-0.2, -0.15) is 0 Å². The van der Waals surface area contributed by atoms with Gasteiger partial charge in [0.2, 0.25) is 10.0 Å². The van der Waals surface area contributed by atoms with Crippen LogP contribution in [0.15, 0.2) is 41.3 Å². The second-order valence-corrected chi connectivity index (χ2v) is 11.4. The molecule has 7 nitrogen and oxygen atoms in total. The van der Waals surface area contributed by atoms with E-state index in [4.69, 9.17) is 4.74 Å². The SMILES string of the molecule is COc1ccc(N2CCCCS2(=O)=O)cc1S(=O)(=O)Nc1c(C)cccc1C(C)C. The zero-order valence-corrected chi connectivity index (χ0v) is 19.3. The molecule has 0 bridgehead atoms. The Labute approximate surface area is 179 Å². The Morgan fingerprint density at radius 3 is 2.50 bits per heavy atom. The van der Waals surface area contributed by atoms with E-state index in [9.17, 15) is 16.8 Å². The van der Waals surface area contributed by atoms with E-state index < -0.39 is 20.0 Å². The van der Waals surface area contributed by atoms with Crippen molar-refractivity contribution in [2.24, 2.45) is 0 Å². The number of para-hydroxylation sites is 1. The van der Waals surface area contributed by atoms with Crippen molar-refractivity contribution in [3.63, 3.8) is 0 Å². The van der Waals surface area contributed by atoms with Crippen molar-refractivity contribution in [1.82, 2.24) is 0 Å². The van der Waals surface area contributed by atoms with Gasteiger partial charge in [-0.25, -0.2) is 16.8 Å². The van der Waals surface area contributed by atoms with Crippen LogP contribution in [-0.4, -0.2) is 36.2 Å². The second-order valence-electron chi connectivity index (χ2n) is 7.73. The van der Waals surface area contributed by atoms with Gasteiger partial charge in [0.1, 0.15) is 10.6 Å². The number of anilines is 2. The molecule has 1 aliphatic heterocycles. The monoisotopic (exact) mass is 452 g/mol. The fourth-order valence-electron chi connectivity index (χ4n) is 3.61. The predicted octanol–water partition coefficient (Wildman–Crippen LogP) is 3.86. The van der Waals surface area contributed by atoms with Gasteiger partial charge in [-0.1, -0.05) is 32.0 Å². The molecule has 0 atom stereocenters. The highest BCUT2D eigenvalue weighted by Gasteiger charge is 2.29. The lowest BCUT2D eigenvalue weighted by atomic mass is 9.99. The number of benzene rings is 2. The maximum absolute atomic E-state index is 13.3. The minimum absolute atomic E-state index is 0.0559. The van der Waals surface area contributed by atoms with Gasteiger partial charge in [0.05, 0.1) is 24.2 Å². The molecule has 0 aliphatic carbocycles. The van der Waals surface area contributed by atoms with Crippen LogP contribution in [0.4, 0.5) is 11.4 Å². The highest BCUT2D eigenvalue weighted by Crippen LogP contribution is 2.35. The van der Waals surface area contributed by atoms with E-state index in [1.165, 1.54) is 23.5 Å². The number of aryl methyl sites for hydroxylation is 1. The largest absolute Gasteiger partial charge is 0.495 e. The van der Waals surface area contributed by atoms with Crippen LogP contribution in [-0.2, 0) is 20.0 Å². The van der Waals surface area contributed by atoms with Gasteiger partial charge >= 0.3 is 0 Å². The van der Waals surface area contributed by atoms with Crippen molar-refractivity contribution in [3.8, 4) is 5.75 Å². The topological polar surface area (TPSA) is 92.8 Å². The Kier molecular flexibility index (Phi) is 6.33. The van der Waals surface area contributed by atoms with E-state index >= 15 is 0 Å². The summed E-state index contributed by atoms with van der Waals surface area (Å²) in [5.74, 6) is 0.329. The molecule has 0 amide bonds. The molecule has 0 radical (unpaired) electrons. The third-order valence-corrected chi connectivity index (χ3v) is 8.48. The first kappa shape index (κ1) is 22.4. The maximum atomic E-state index is 13.3. The number of ether oxygens (including phenoxy) is 1. The highest BCUT2D eigenvalue weighted by atomic mass is 32.2. The Morgan fingerprint density at radius 2 is 1.87 bits per heavy atom. The van der Waals surface area contributed by atoms with Crippen LogP contribution in [0.2, 0.25) is 0 Å². The first-order chi connectivity index (χ1) is 14.1. The van der Waals surface area contributed by atoms with Crippen LogP contribution in [0.3, 0.4) is 0 Å². The van der Waals surface area contributed by atoms with E-state index in [-0.39, 0.29) is 22.3 Å². The summed E-state index contributed by atoms with van der Waals surface area (Å²) in [7, 11) is -6.11. The third-order valence-electron chi connectivity index (χ3n) is 5.24. The summed E-state index contributed by atoms with van der Waals surface area (Å²) in [6, 6.07) is 10.1. The molecule has 3 rings (SSSR count). The van der Waals surface area contributed by atoms with E-state index in [1.54, 1.807) is 6.07 Å². The molecule has 30 heavy (non-hydrogen) atoms. The average molecular weight is 453 g/mol. The molecule has 1 N–H and O–H groups in total. The summed E-state index contributed by atoms with van der Waals surface area (Å²) >= 11 is 0. The van der Waals surface area contributed by atoms with Crippen molar-refractivity contribution >= 4 is 31.4 Å². The van der Waals surface area contributed by atoms with E-state index in [0.29, 0.717) is 24.3 Å². The Morgan fingerprint density at radius 1 is 1.13 bits per heavy atom. The number of sulfonamides is 2. The van der Waals surface area contributed by atoms with Gasteiger partial charge < -0.3 is 4.74 Å². The second kappa shape index (κ2) is 8.47. The summed E-state index contributed by atoms with van der Waals surface area (Å²) in [4.78, 5) is -0.0961. The van der Waals surface area contributed by atoms with Crippen LogP contribution >= 0.6 is 0 Å². The lowest BCUT2D eigenvalue weighted by Crippen LogP contribution is -2.37. The predicted molar refractivity (Wildman–Crippen MR) is 119 cm³/mol. The molecular weight excluding hydrogens is 424 g/mol. The lowest BCUT2D eigenvalue weighted by molar-refractivity contribution is 0.403. The lowest BCUT2D eigenvalue weighted by Gasteiger charge is -2.29. The first-order valence-electron chi connectivity index (χ1n) is 9.87. The zero-order valence-electron chi connectivity index (χ0n) is 17.7. The van der Waals surface area contributed by atoms with Crippen LogP contribution in [0.25, 0.3) is 0 Å². The molecule has 0 saturated carbocycles. The summed E-state index contributed by atoms with van der Waals surface area (Å²) in [5, 5.41) is 0. The zero-order chi connectivity index (χ0) is 22.1. The molecule has 1 heterocycles. The van der Waals surface area contributed by atoms with Gasteiger partial charge in [-0.05, 0) is 55.0 Å².